The van der Waals surface area contributed by atoms with Gasteiger partial charge in [0.2, 0.25) is 0 Å². The summed E-state index contributed by atoms with van der Waals surface area (Å²) in [6, 6.07) is 9.99. The van der Waals surface area contributed by atoms with E-state index in [1.807, 2.05) is 11.8 Å². The molecule has 1 N–H and O–H groups in total. The maximum Gasteiger partial charge on any atom is 0.270 e. The molecule has 0 bridgehead atoms. The molecule has 0 aliphatic carbocycles. The molecular formula is C22H20Cl2FN5O. The number of nitriles is 1. The van der Waals surface area contributed by atoms with E-state index < -0.39 is 5.82 Å². The number of anilines is 2. The normalized spacial score (nSPS) is 18.8. The van der Waals surface area contributed by atoms with Crippen molar-refractivity contribution >= 4 is 45.6 Å². The lowest BCUT2D eigenvalue weighted by molar-refractivity contribution is 0.403. The zero-order chi connectivity index (χ0) is 22.3. The summed E-state index contributed by atoms with van der Waals surface area (Å²) in [5.41, 5.74) is 1.72. The smallest absolute Gasteiger partial charge is 0.270 e. The Bertz CT molecular complexity index is 1270. The van der Waals surface area contributed by atoms with Gasteiger partial charge in [-0.05, 0) is 42.7 Å². The number of piperidine rings is 1. The minimum atomic E-state index is -0.398. The number of aryl methyl sites for hydroxylation is 1. The fourth-order valence-corrected chi connectivity index (χ4v) is 4.45. The van der Waals surface area contributed by atoms with Gasteiger partial charge in [-0.1, -0.05) is 30.1 Å². The molecule has 160 valence electrons. The average molecular weight is 460 g/mol. The summed E-state index contributed by atoms with van der Waals surface area (Å²) < 4.78 is 15.6. The van der Waals surface area contributed by atoms with Gasteiger partial charge < -0.3 is 14.8 Å². The van der Waals surface area contributed by atoms with Gasteiger partial charge in [0, 0.05) is 31.2 Å². The van der Waals surface area contributed by atoms with Crippen molar-refractivity contribution in [1.29, 1.82) is 5.26 Å². The van der Waals surface area contributed by atoms with Gasteiger partial charge >= 0.3 is 0 Å². The molecule has 0 radical (unpaired) electrons. The summed E-state index contributed by atoms with van der Waals surface area (Å²) in [6.45, 7) is 3.19. The highest BCUT2D eigenvalue weighted by molar-refractivity contribution is 6.30. The van der Waals surface area contributed by atoms with Crippen molar-refractivity contribution in [3.63, 3.8) is 0 Å². The highest BCUT2D eigenvalue weighted by atomic mass is 35.5. The Labute approximate surface area is 188 Å². The summed E-state index contributed by atoms with van der Waals surface area (Å²) in [4.78, 5) is 19.2. The number of rotatable bonds is 3. The second-order valence-electron chi connectivity index (χ2n) is 7.79. The Morgan fingerprint density at radius 3 is 2.74 bits per heavy atom. The van der Waals surface area contributed by atoms with Gasteiger partial charge in [0.25, 0.3) is 5.56 Å². The number of benzene rings is 1. The highest BCUT2D eigenvalue weighted by Gasteiger charge is 2.30. The zero-order valence-corrected chi connectivity index (χ0v) is 18.5. The zero-order valence-electron chi connectivity index (χ0n) is 17.0. The van der Waals surface area contributed by atoms with Crippen LogP contribution >= 0.6 is 23.2 Å². The predicted molar refractivity (Wildman–Crippen MR) is 122 cm³/mol. The molecule has 6 nitrogen and oxygen atoms in total. The van der Waals surface area contributed by atoms with Crippen molar-refractivity contribution in [3.05, 3.63) is 62.2 Å². The topological polar surface area (TPSA) is 74.0 Å². The number of hydrogen-bond acceptors (Lipinski definition) is 5. The molecule has 1 fully saturated rings. The van der Waals surface area contributed by atoms with Crippen LogP contribution < -0.4 is 15.8 Å². The van der Waals surface area contributed by atoms with E-state index in [0.29, 0.717) is 52.1 Å². The molecule has 0 amide bonds. The fourth-order valence-electron chi connectivity index (χ4n) is 4.15. The summed E-state index contributed by atoms with van der Waals surface area (Å²) in [7, 11) is 1.62. The van der Waals surface area contributed by atoms with E-state index in [1.54, 1.807) is 31.3 Å². The second kappa shape index (κ2) is 8.37. The summed E-state index contributed by atoms with van der Waals surface area (Å²) in [5, 5.41) is 13.6. The largest absolute Gasteiger partial charge is 0.380 e. The minimum absolute atomic E-state index is 0.0202. The molecule has 1 aliphatic rings. The SMILES string of the molecule is C[C@H]1CN(c2c(C#N)c(=O)n(C)c3ccc(Cl)nc23)CC[C@H]1Nc1ccc(Cl)cc1F. The van der Waals surface area contributed by atoms with Gasteiger partial charge in [0.05, 0.1) is 16.9 Å². The maximum atomic E-state index is 14.2. The lowest BCUT2D eigenvalue weighted by atomic mass is 9.92. The first-order valence-corrected chi connectivity index (χ1v) is 10.6. The number of hydrogen-bond donors (Lipinski definition) is 1. The third kappa shape index (κ3) is 3.93. The molecule has 2 atom stereocenters. The molecule has 4 rings (SSSR count). The Kier molecular flexibility index (Phi) is 5.78. The standard InChI is InChI=1S/C22H20Cl2FN5O/c1-12-11-30(8-7-16(12)27-17-4-3-13(23)9-15(17)25)21-14(10-26)22(31)29(2)18-5-6-19(24)28-20(18)21/h3-6,9,12,16,27H,7-8,11H2,1-2H3/t12-,16+/m0/s1. The molecule has 1 aliphatic heterocycles. The van der Waals surface area contributed by atoms with E-state index in [-0.39, 0.29) is 23.1 Å². The van der Waals surface area contributed by atoms with Crippen molar-refractivity contribution in [2.75, 3.05) is 23.3 Å². The third-order valence-corrected chi connectivity index (χ3v) is 6.23. The molecule has 0 unspecified atom stereocenters. The first-order chi connectivity index (χ1) is 14.8. The minimum Gasteiger partial charge on any atom is -0.380 e. The summed E-state index contributed by atoms with van der Waals surface area (Å²) in [6.07, 6.45) is 0.686. The number of pyridine rings is 2. The van der Waals surface area contributed by atoms with Crippen LogP contribution in [0.5, 0.6) is 0 Å². The molecule has 3 aromatic rings. The lowest BCUT2D eigenvalue weighted by Gasteiger charge is -2.39. The van der Waals surface area contributed by atoms with Crippen LogP contribution in [0.3, 0.4) is 0 Å². The van der Waals surface area contributed by atoms with Gasteiger partial charge in [-0.2, -0.15) is 5.26 Å². The van der Waals surface area contributed by atoms with Gasteiger partial charge in [0.15, 0.2) is 0 Å². The van der Waals surface area contributed by atoms with Gasteiger partial charge in [-0.3, -0.25) is 4.79 Å². The van der Waals surface area contributed by atoms with Gasteiger partial charge in [0.1, 0.15) is 28.1 Å². The van der Waals surface area contributed by atoms with E-state index in [9.17, 15) is 14.4 Å². The number of fused-ring (bicyclic) bond motifs is 1. The second-order valence-corrected chi connectivity index (χ2v) is 8.61. The van der Waals surface area contributed by atoms with Crippen LogP contribution in [0.1, 0.15) is 18.9 Å². The van der Waals surface area contributed by atoms with Crippen molar-refractivity contribution in [3.8, 4) is 6.07 Å². The maximum absolute atomic E-state index is 14.2. The average Bonchev–Trinajstić information content (AvgIpc) is 2.73. The Morgan fingerprint density at radius 2 is 2.06 bits per heavy atom. The van der Waals surface area contributed by atoms with Crippen LogP contribution in [0.15, 0.2) is 35.1 Å². The molecular weight excluding hydrogens is 440 g/mol. The van der Waals surface area contributed by atoms with Crippen LogP contribution in [0.25, 0.3) is 11.0 Å². The monoisotopic (exact) mass is 459 g/mol. The quantitative estimate of drug-likeness (QED) is 0.580. The van der Waals surface area contributed by atoms with Crippen molar-refractivity contribution < 1.29 is 4.39 Å². The Morgan fingerprint density at radius 1 is 1.29 bits per heavy atom. The number of nitrogens with one attached hydrogen (secondary N) is 1. The van der Waals surface area contributed by atoms with E-state index in [2.05, 4.69) is 16.4 Å². The van der Waals surface area contributed by atoms with Crippen molar-refractivity contribution in [2.24, 2.45) is 13.0 Å². The molecule has 0 spiro atoms. The van der Waals surface area contributed by atoms with Crippen LogP contribution in [0, 0.1) is 23.1 Å². The molecule has 31 heavy (non-hydrogen) atoms. The van der Waals surface area contributed by atoms with E-state index in [1.165, 1.54) is 10.6 Å². The van der Waals surface area contributed by atoms with Crippen LogP contribution in [-0.4, -0.2) is 28.7 Å². The van der Waals surface area contributed by atoms with Crippen molar-refractivity contribution in [2.45, 2.75) is 19.4 Å². The molecule has 1 saturated heterocycles. The van der Waals surface area contributed by atoms with Crippen molar-refractivity contribution in [1.82, 2.24) is 9.55 Å². The third-order valence-electron chi connectivity index (χ3n) is 5.79. The Balaban J connectivity index is 1.68. The fraction of sp³-hybridized carbons (Fsp3) is 0.318. The molecule has 0 saturated carbocycles. The van der Waals surface area contributed by atoms with E-state index in [4.69, 9.17) is 23.2 Å². The number of halogens is 3. The predicted octanol–water partition coefficient (Wildman–Crippen LogP) is 4.58. The van der Waals surface area contributed by atoms with Gasteiger partial charge in [-0.15, -0.1) is 0 Å². The van der Waals surface area contributed by atoms with E-state index in [0.717, 1.165) is 0 Å². The lowest BCUT2D eigenvalue weighted by Crippen LogP contribution is -2.46. The van der Waals surface area contributed by atoms with E-state index >= 15 is 0 Å². The summed E-state index contributed by atoms with van der Waals surface area (Å²) in [5.74, 6) is -0.293. The molecule has 1 aromatic carbocycles. The highest BCUT2D eigenvalue weighted by Crippen LogP contribution is 2.33. The molecule has 2 aromatic heterocycles. The first kappa shape index (κ1) is 21.4. The molecule has 3 heterocycles. The summed E-state index contributed by atoms with van der Waals surface area (Å²) >= 11 is 12.0. The first-order valence-electron chi connectivity index (χ1n) is 9.86. The Hall–Kier alpha value is -2.82. The molecule has 9 heteroatoms. The van der Waals surface area contributed by atoms with Gasteiger partial charge in [-0.25, -0.2) is 9.37 Å². The van der Waals surface area contributed by atoms with Crippen LogP contribution in [0.4, 0.5) is 15.8 Å². The van der Waals surface area contributed by atoms with Crippen LogP contribution in [0.2, 0.25) is 10.2 Å². The number of nitrogens with zero attached hydrogens (tertiary/aromatic N) is 4. The van der Waals surface area contributed by atoms with Crippen LogP contribution in [-0.2, 0) is 7.05 Å². The number of aromatic nitrogens is 2.